The van der Waals surface area contributed by atoms with Gasteiger partial charge >= 0.3 is 5.97 Å². The van der Waals surface area contributed by atoms with Crippen molar-refractivity contribution in [2.75, 3.05) is 7.11 Å². The Balaban J connectivity index is 1.50. The van der Waals surface area contributed by atoms with E-state index in [2.05, 4.69) is 5.32 Å². The summed E-state index contributed by atoms with van der Waals surface area (Å²) in [5.74, 6) is -0.483. The second kappa shape index (κ2) is 9.65. The number of carboxylic acid groups (broad SMARTS) is 1. The number of amides is 1. The van der Waals surface area contributed by atoms with Gasteiger partial charge in [0.05, 0.1) is 7.11 Å². The molecule has 174 valence electrons. The van der Waals surface area contributed by atoms with Crippen molar-refractivity contribution in [1.29, 1.82) is 0 Å². The van der Waals surface area contributed by atoms with Gasteiger partial charge in [-0.25, -0.2) is 9.18 Å². The van der Waals surface area contributed by atoms with Crippen molar-refractivity contribution >= 4 is 22.8 Å². The highest BCUT2D eigenvalue weighted by molar-refractivity contribution is 5.88. The first-order chi connectivity index (χ1) is 15.9. The molecule has 1 aliphatic rings. The number of carbonyl (C=O) groups is 2. The second-order valence-electron chi connectivity index (χ2n) is 8.57. The number of benzene rings is 2. The summed E-state index contributed by atoms with van der Waals surface area (Å²) in [4.78, 5) is 24.5. The third kappa shape index (κ3) is 4.72. The summed E-state index contributed by atoms with van der Waals surface area (Å²) >= 11 is 0. The van der Waals surface area contributed by atoms with E-state index >= 15 is 0 Å². The molecular weight excluding hydrogens is 423 g/mol. The number of halogens is 1. The summed E-state index contributed by atoms with van der Waals surface area (Å²) in [7, 11) is 1.62. The lowest BCUT2D eigenvalue weighted by Crippen LogP contribution is -2.39. The number of fused-ring (bicyclic) bond motifs is 3. The van der Waals surface area contributed by atoms with Gasteiger partial charge in [0.1, 0.15) is 17.6 Å². The zero-order valence-electron chi connectivity index (χ0n) is 18.9. The fourth-order valence-corrected chi connectivity index (χ4v) is 4.86. The first kappa shape index (κ1) is 22.8. The third-order valence-electron chi connectivity index (χ3n) is 6.51. The first-order valence-corrected chi connectivity index (χ1v) is 11.4. The number of hydrogen-bond donors (Lipinski definition) is 2. The molecule has 1 unspecified atom stereocenters. The van der Waals surface area contributed by atoms with Crippen molar-refractivity contribution < 1.29 is 23.8 Å². The number of aryl methyl sites for hydroxylation is 1. The van der Waals surface area contributed by atoms with E-state index in [0.29, 0.717) is 32.1 Å². The van der Waals surface area contributed by atoms with Crippen LogP contribution >= 0.6 is 0 Å². The fraction of sp³-hybridized carbons (Fsp3) is 0.385. The number of aliphatic carboxylic acids is 1. The number of methoxy groups -OCH3 is 1. The Kier molecular flexibility index (Phi) is 6.67. The van der Waals surface area contributed by atoms with Crippen LogP contribution in [0.1, 0.15) is 49.0 Å². The number of hydrogen-bond acceptors (Lipinski definition) is 3. The van der Waals surface area contributed by atoms with E-state index in [0.717, 1.165) is 39.9 Å². The van der Waals surface area contributed by atoms with Crippen LogP contribution in [0.3, 0.4) is 0 Å². The molecule has 0 bridgehead atoms. The van der Waals surface area contributed by atoms with Gasteiger partial charge < -0.3 is 19.7 Å². The minimum Gasteiger partial charge on any atom is -0.497 e. The molecule has 0 saturated heterocycles. The van der Waals surface area contributed by atoms with Gasteiger partial charge in [0.2, 0.25) is 5.91 Å². The maximum Gasteiger partial charge on any atom is 0.326 e. The summed E-state index contributed by atoms with van der Waals surface area (Å²) in [5.41, 5.74) is 3.68. The summed E-state index contributed by atoms with van der Waals surface area (Å²) in [6, 6.07) is 11.4. The third-order valence-corrected chi connectivity index (χ3v) is 6.51. The highest BCUT2D eigenvalue weighted by atomic mass is 19.1. The molecule has 1 heterocycles. The molecule has 0 saturated carbocycles. The number of carbonyl (C=O) groups excluding carboxylic acids is 1. The SMILES string of the molecule is CCC(C(=O)O)n1c2c(c3cc(F)ccc31)C[C@H](NC(=O)CCc1ccc(OC)cc1)CC2. The van der Waals surface area contributed by atoms with Crippen LogP contribution in [0.5, 0.6) is 5.75 Å². The first-order valence-electron chi connectivity index (χ1n) is 11.4. The molecular formula is C26H29FN2O4. The van der Waals surface area contributed by atoms with Crippen LogP contribution in [-0.2, 0) is 28.9 Å². The molecule has 2 N–H and O–H groups in total. The van der Waals surface area contributed by atoms with Gasteiger partial charge in [-0.2, -0.15) is 0 Å². The topological polar surface area (TPSA) is 80.6 Å². The van der Waals surface area contributed by atoms with Crippen molar-refractivity contribution in [3.8, 4) is 5.75 Å². The van der Waals surface area contributed by atoms with Crippen LogP contribution in [0.4, 0.5) is 4.39 Å². The molecule has 2 aromatic carbocycles. The maximum atomic E-state index is 14.1. The van der Waals surface area contributed by atoms with Crippen molar-refractivity contribution in [2.24, 2.45) is 0 Å². The van der Waals surface area contributed by atoms with Crippen LogP contribution in [0.2, 0.25) is 0 Å². The molecule has 1 aromatic heterocycles. The van der Waals surface area contributed by atoms with Crippen LogP contribution < -0.4 is 10.1 Å². The molecule has 1 amide bonds. The predicted molar refractivity (Wildman–Crippen MR) is 124 cm³/mol. The van der Waals surface area contributed by atoms with Gasteiger partial charge in [-0.05, 0) is 73.6 Å². The van der Waals surface area contributed by atoms with Crippen molar-refractivity contribution in [3.63, 3.8) is 0 Å². The molecule has 2 atom stereocenters. The minimum atomic E-state index is -0.893. The minimum absolute atomic E-state index is 0.0221. The average Bonchev–Trinajstić information content (AvgIpc) is 3.11. The van der Waals surface area contributed by atoms with E-state index in [-0.39, 0.29) is 17.8 Å². The van der Waals surface area contributed by atoms with E-state index in [1.54, 1.807) is 13.2 Å². The predicted octanol–water partition coefficient (Wildman–Crippen LogP) is 4.43. The lowest BCUT2D eigenvalue weighted by Gasteiger charge is -2.26. The van der Waals surface area contributed by atoms with Crippen LogP contribution in [0.15, 0.2) is 42.5 Å². The number of ether oxygens (including phenoxy) is 1. The lowest BCUT2D eigenvalue weighted by molar-refractivity contribution is -0.141. The Hall–Kier alpha value is -3.35. The number of nitrogens with one attached hydrogen (secondary N) is 1. The van der Waals surface area contributed by atoms with Gasteiger partial charge in [0, 0.05) is 29.1 Å². The van der Waals surface area contributed by atoms with E-state index in [1.807, 2.05) is 35.8 Å². The summed E-state index contributed by atoms with van der Waals surface area (Å²) in [6.45, 7) is 1.84. The molecule has 33 heavy (non-hydrogen) atoms. The Morgan fingerprint density at radius 3 is 2.67 bits per heavy atom. The number of aromatic nitrogens is 1. The fourth-order valence-electron chi connectivity index (χ4n) is 4.86. The van der Waals surface area contributed by atoms with E-state index in [4.69, 9.17) is 4.74 Å². The van der Waals surface area contributed by atoms with Crippen molar-refractivity contribution in [1.82, 2.24) is 9.88 Å². The highest BCUT2D eigenvalue weighted by Crippen LogP contribution is 2.36. The average molecular weight is 453 g/mol. The Morgan fingerprint density at radius 2 is 2.00 bits per heavy atom. The van der Waals surface area contributed by atoms with Gasteiger partial charge in [0.25, 0.3) is 0 Å². The summed E-state index contributed by atoms with van der Waals surface area (Å²) in [6.07, 6.45) is 3.37. The Labute approximate surface area is 192 Å². The molecule has 0 radical (unpaired) electrons. The van der Waals surface area contributed by atoms with Crippen LogP contribution in [-0.4, -0.2) is 34.7 Å². The Bertz CT molecular complexity index is 1170. The van der Waals surface area contributed by atoms with Crippen molar-refractivity contribution in [2.45, 2.75) is 57.5 Å². The standard InChI is InChI=1S/C26H29FN2O4/c1-3-22(26(31)32)29-23-11-7-17(27)14-20(23)21-15-18(8-12-24(21)29)28-25(30)13-6-16-4-9-19(33-2)10-5-16/h4-5,7,9-11,14,18,22H,3,6,8,12-13,15H2,1-2H3,(H,28,30)(H,31,32)/t18-,22?/m1/s1. The monoisotopic (exact) mass is 452 g/mol. The van der Waals surface area contributed by atoms with Crippen LogP contribution in [0.25, 0.3) is 10.9 Å². The van der Waals surface area contributed by atoms with E-state index in [1.165, 1.54) is 12.1 Å². The zero-order chi connectivity index (χ0) is 23.5. The second-order valence-corrected chi connectivity index (χ2v) is 8.57. The number of rotatable bonds is 8. The molecule has 0 fully saturated rings. The van der Waals surface area contributed by atoms with Crippen molar-refractivity contribution in [3.05, 3.63) is 65.1 Å². The molecule has 4 rings (SSSR count). The quantitative estimate of drug-likeness (QED) is 0.530. The van der Waals surface area contributed by atoms with E-state index < -0.39 is 12.0 Å². The molecule has 0 aliphatic heterocycles. The van der Waals surface area contributed by atoms with Gasteiger partial charge in [0.15, 0.2) is 0 Å². The normalized spacial score (nSPS) is 16.3. The molecule has 6 nitrogen and oxygen atoms in total. The lowest BCUT2D eigenvalue weighted by atomic mass is 9.91. The van der Waals surface area contributed by atoms with E-state index in [9.17, 15) is 19.1 Å². The molecule has 1 aliphatic carbocycles. The summed E-state index contributed by atoms with van der Waals surface area (Å²) < 4.78 is 21.1. The smallest absolute Gasteiger partial charge is 0.326 e. The summed E-state index contributed by atoms with van der Waals surface area (Å²) in [5, 5.41) is 13.6. The number of carboxylic acids is 1. The largest absolute Gasteiger partial charge is 0.497 e. The van der Waals surface area contributed by atoms with Gasteiger partial charge in [-0.3, -0.25) is 4.79 Å². The maximum absolute atomic E-state index is 14.1. The highest BCUT2D eigenvalue weighted by Gasteiger charge is 2.30. The van der Waals surface area contributed by atoms with Crippen LogP contribution in [0, 0.1) is 5.82 Å². The van der Waals surface area contributed by atoms with Gasteiger partial charge in [-0.1, -0.05) is 19.1 Å². The van der Waals surface area contributed by atoms with Gasteiger partial charge in [-0.15, -0.1) is 0 Å². The number of nitrogens with zero attached hydrogens (tertiary/aromatic N) is 1. The Morgan fingerprint density at radius 1 is 1.24 bits per heavy atom. The molecule has 7 heteroatoms. The molecule has 3 aromatic rings. The zero-order valence-corrected chi connectivity index (χ0v) is 18.9. The molecule has 0 spiro atoms.